The minimum Gasteiger partial charge on any atom is -0.505 e. The first-order valence-electron chi connectivity index (χ1n) is 7.94. The van der Waals surface area contributed by atoms with Gasteiger partial charge in [-0.1, -0.05) is 0 Å². The van der Waals surface area contributed by atoms with E-state index in [-0.39, 0.29) is 13.2 Å². The highest BCUT2D eigenvalue weighted by Crippen LogP contribution is 2.22. The Bertz CT molecular complexity index is 636. The molecule has 142 valence electrons. The second-order valence-corrected chi connectivity index (χ2v) is 5.15. The molecule has 26 heavy (non-hydrogen) atoms. The standard InChI is InChI=1S/C18H20F2O6/c19-15-3-1-13(11-17(15)21)25-9-7-23-5-6-24-8-10-26-14-2-4-16(20)18(22)12-14/h1-4,11-12,21-22H,5-10H2. The second-order valence-electron chi connectivity index (χ2n) is 5.15. The summed E-state index contributed by atoms with van der Waals surface area (Å²) in [7, 11) is 0. The first-order valence-corrected chi connectivity index (χ1v) is 7.94. The average Bonchev–Trinajstić information content (AvgIpc) is 2.62. The third-order valence-corrected chi connectivity index (χ3v) is 3.20. The van der Waals surface area contributed by atoms with Gasteiger partial charge in [-0.15, -0.1) is 0 Å². The summed E-state index contributed by atoms with van der Waals surface area (Å²) in [5.41, 5.74) is 0. The molecule has 0 spiro atoms. The maximum Gasteiger partial charge on any atom is 0.165 e. The van der Waals surface area contributed by atoms with E-state index in [1.54, 1.807) is 0 Å². The Kier molecular flexibility index (Phi) is 7.91. The Morgan fingerprint density at radius 3 is 1.38 bits per heavy atom. The molecule has 0 radical (unpaired) electrons. The highest BCUT2D eigenvalue weighted by Gasteiger charge is 2.03. The van der Waals surface area contributed by atoms with Crippen LogP contribution in [0.25, 0.3) is 0 Å². The molecule has 2 N–H and O–H groups in total. The van der Waals surface area contributed by atoms with Crippen molar-refractivity contribution in [2.75, 3.05) is 39.6 Å². The van der Waals surface area contributed by atoms with Crippen LogP contribution >= 0.6 is 0 Å². The van der Waals surface area contributed by atoms with E-state index in [0.717, 1.165) is 12.1 Å². The zero-order valence-corrected chi connectivity index (χ0v) is 14.0. The van der Waals surface area contributed by atoms with Gasteiger partial charge in [0, 0.05) is 12.1 Å². The molecule has 0 amide bonds. The molecule has 0 bridgehead atoms. The molecular formula is C18H20F2O6. The summed E-state index contributed by atoms with van der Waals surface area (Å²) in [6.45, 7) is 1.84. The number of benzene rings is 2. The number of hydrogen-bond acceptors (Lipinski definition) is 6. The zero-order chi connectivity index (χ0) is 18.8. The van der Waals surface area contributed by atoms with Gasteiger partial charge in [-0.25, -0.2) is 8.78 Å². The lowest BCUT2D eigenvalue weighted by atomic mass is 10.3. The maximum absolute atomic E-state index is 12.9. The molecule has 0 aromatic heterocycles. The van der Waals surface area contributed by atoms with Crippen molar-refractivity contribution >= 4 is 0 Å². The maximum atomic E-state index is 12.9. The van der Waals surface area contributed by atoms with E-state index < -0.39 is 23.1 Å². The van der Waals surface area contributed by atoms with Crippen LogP contribution in [0.5, 0.6) is 23.0 Å². The quantitative estimate of drug-likeness (QED) is 0.593. The number of rotatable bonds is 11. The largest absolute Gasteiger partial charge is 0.505 e. The number of phenolic OH excluding ortho intramolecular Hbond substituents is 2. The van der Waals surface area contributed by atoms with Crippen molar-refractivity contribution in [3.05, 3.63) is 48.0 Å². The van der Waals surface area contributed by atoms with Crippen molar-refractivity contribution < 1.29 is 37.9 Å². The number of phenols is 2. The fourth-order valence-electron chi connectivity index (χ4n) is 1.92. The Balaban J connectivity index is 1.45. The molecule has 6 nitrogen and oxygen atoms in total. The van der Waals surface area contributed by atoms with Crippen LogP contribution in [0.1, 0.15) is 0 Å². The van der Waals surface area contributed by atoms with Crippen molar-refractivity contribution in [1.29, 1.82) is 0 Å². The molecule has 0 saturated heterocycles. The Labute approximate surface area is 149 Å². The van der Waals surface area contributed by atoms with E-state index in [9.17, 15) is 19.0 Å². The fourth-order valence-corrected chi connectivity index (χ4v) is 1.92. The minimum absolute atomic E-state index is 0.252. The molecule has 0 saturated carbocycles. The van der Waals surface area contributed by atoms with Gasteiger partial charge in [0.25, 0.3) is 0 Å². The molecule has 2 aromatic carbocycles. The second kappa shape index (κ2) is 10.4. The number of halogens is 2. The summed E-state index contributed by atoms with van der Waals surface area (Å²) >= 11 is 0. The van der Waals surface area contributed by atoms with Crippen molar-refractivity contribution in [3.63, 3.8) is 0 Å². The summed E-state index contributed by atoms with van der Waals surface area (Å²) in [6.07, 6.45) is 0. The number of aromatic hydroxyl groups is 2. The molecule has 0 heterocycles. The Morgan fingerprint density at radius 2 is 1.00 bits per heavy atom. The summed E-state index contributed by atoms with van der Waals surface area (Å²) in [4.78, 5) is 0. The first kappa shape index (κ1) is 19.7. The van der Waals surface area contributed by atoms with Crippen LogP contribution in [0.2, 0.25) is 0 Å². The minimum atomic E-state index is -0.703. The predicted octanol–water partition coefficient (Wildman–Crippen LogP) is 2.87. The van der Waals surface area contributed by atoms with Crippen LogP contribution in [0, 0.1) is 11.6 Å². The van der Waals surface area contributed by atoms with E-state index in [4.69, 9.17) is 18.9 Å². The molecule has 8 heteroatoms. The van der Waals surface area contributed by atoms with E-state index in [1.807, 2.05) is 0 Å². The van der Waals surface area contributed by atoms with E-state index in [2.05, 4.69) is 0 Å². The van der Waals surface area contributed by atoms with Gasteiger partial charge in [0.15, 0.2) is 23.1 Å². The summed E-state index contributed by atoms with van der Waals surface area (Å²) in [5.74, 6) is -1.62. The highest BCUT2D eigenvalue weighted by molar-refractivity contribution is 5.33. The summed E-state index contributed by atoms with van der Waals surface area (Å²) < 4.78 is 46.9. The van der Waals surface area contributed by atoms with E-state index in [0.29, 0.717) is 37.9 Å². The number of ether oxygens (including phenoxy) is 4. The lowest BCUT2D eigenvalue weighted by Crippen LogP contribution is -2.13. The van der Waals surface area contributed by atoms with Crippen LogP contribution in [-0.2, 0) is 9.47 Å². The molecule has 0 aliphatic rings. The van der Waals surface area contributed by atoms with Crippen LogP contribution < -0.4 is 9.47 Å². The van der Waals surface area contributed by atoms with Gasteiger partial charge in [-0.2, -0.15) is 0 Å². The first-order chi connectivity index (χ1) is 12.6. The topological polar surface area (TPSA) is 77.4 Å². The van der Waals surface area contributed by atoms with Crippen molar-refractivity contribution in [1.82, 2.24) is 0 Å². The molecular weight excluding hydrogens is 350 g/mol. The molecule has 0 fully saturated rings. The summed E-state index contributed by atoms with van der Waals surface area (Å²) in [5, 5.41) is 18.4. The number of hydrogen-bond donors (Lipinski definition) is 2. The fraction of sp³-hybridized carbons (Fsp3) is 0.333. The van der Waals surface area contributed by atoms with Gasteiger partial charge in [0.05, 0.1) is 26.4 Å². The van der Waals surface area contributed by atoms with Gasteiger partial charge in [-0.05, 0) is 24.3 Å². The Hall–Kier alpha value is -2.58. The normalized spacial score (nSPS) is 10.7. The predicted molar refractivity (Wildman–Crippen MR) is 88.8 cm³/mol. The van der Waals surface area contributed by atoms with Gasteiger partial charge < -0.3 is 29.2 Å². The van der Waals surface area contributed by atoms with Crippen molar-refractivity contribution in [2.45, 2.75) is 0 Å². The SMILES string of the molecule is Oc1cc(OCCOCCOCCOc2ccc(F)c(O)c2)ccc1F. The molecule has 0 atom stereocenters. The molecule has 0 unspecified atom stereocenters. The van der Waals surface area contributed by atoms with Crippen LogP contribution in [0.4, 0.5) is 8.78 Å². The third-order valence-electron chi connectivity index (χ3n) is 3.20. The zero-order valence-electron chi connectivity index (χ0n) is 14.0. The highest BCUT2D eigenvalue weighted by atomic mass is 19.1. The van der Waals surface area contributed by atoms with E-state index in [1.165, 1.54) is 24.3 Å². The molecule has 0 aliphatic carbocycles. The van der Waals surface area contributed by atoms with Crippen molar-refractivity contribution in [3.8, 4) is 23.0 Å². The lowest BCUT2D eigenvalue weighted by molar-refractivity contribution is 0.0273. The average molecular weight is 370 g/mol. The monoisotopic (exact) mass is 370 g/mol. The molecule has 2 aromatic rings. The van der Waals surface area contributed by atoms with Crippen molar-refractivity contribution in [2.24, 2.45) is 0 Å². The Morgan fingerprint density at radius 1 is 0.615 bits per heavy atom. The lowest BCUT2D eigenvalue weighted by Gasteiger charge is -2.09. The van der Waals surface area contributed by atoms with Gasteiger partial charge in [0.1, 0.15) is 24.7 Å². The van der Waals surface area contributed by atoms with Gasteiger partial charge in [-0.3, -0.25) is 0 Å². The van der Waals surface area contributed by atoms with E-state index >= 15 is 0 Å². The molecule has 2 rings (SSSR count). The smallest absolute Gasteiger partial charge is 0.165 e. The summed E-state index contributed by atoms with van der Waals surface area (Å²) in [6, 6.07) is 7.46. The third kappa shape index (κ3) is 6.73. The van der Waals surface area contributed by atoms with Crippen LogP contribution in [-0.4, -0.2) is 49.9 Å². The van der Waals surface area contributed by atoms with Gasteiger partial charge >= 0.3 is 0 Å². The molecule has 0 aliphatic heterocycles. The van der Waals surface area contributed by atoms with Gasteiger partial charge in [0.2, 0.25) is 0 Å². The van der Waals surface area contributed by atoms with Crippen LogP contribution in [0.15, 0.2) is 36.4 Å². The van der Waals surface area contributed by atoms with Crippen LogP contribution in [0.3, 0.4) is 0 Å².